The molecule has 0 bridgehead atoms. The van der Waals surface area contributed by atoms with Crippen molar-refractivity contribution in [1.82, 2.24) is 14.8 Å². The number of benzene rings is 2. The smallest absolute Gasteiger partial charge is 0.192 e. The maximum Gasteiger partial charge on any atom is 0.192 e. The van der Waals surface area contributed by atoms with Gasteiger partial charge in [0.25, 0.3) is 0 Å². The predicted molar refractivity (Wildman–Crippen MR) is 119 cm³/mol. The Balaban J connectivity index is 1.79. The molecule has 0 radical (unpaired) electrons. The number of ketones is 1. The van der Waals surface area contributed by atoms with Crippen molar-refractivity contribution >= 4 is 17.5 Å². The minimum atomic E-state index is -0.347. The number of ether oxygens (including phenoxy) is 2. The van der Waals surface area contributed by atoms with E-state index in [1.165, 1.54) is 11.8 Å². The van der Waals surface area contributed by atoms with Crippen molar-refractivity contribution in [3.8, 4) is 11.5 Å². The lowest BCUT2D eigenvalue weighted by atomic mass is 10.1. The standard InChI is InChI=1S/C23H25N3O3S/c1-5-13-26-21(14-17-9-7-6-8-10-17)24-25-23(26)30-16(2)22(27)18-11-12-19(28-3)20(15-18)29-4/h5-12,15-16H,1,13-14H2,2-4H3. The topological polar surface area (TPSA) is 66.2 Å². The normalized spacial score (nSPS) is 11.7. The van der Waals surface area contributed by atoms with Crippen LogP contribution in [-0.4, -0.2) is 40.0 Å². The van der Waals surface area contributed by atoms with Gasteiger partial charge in [0.2, 0.25) is 0 Å². The summed E-state index contributed by atoms with van der Waals surface area (Å²) in [5.74, 6) is 1.94. The molecule has 1 unspecified atom stereocenters. The summed E-state index contributed by atoms with van der Waals surface area (Å²) in [6.45, 7) is 6.29. The Labute approximate surface area is 180 Å². The Morgan fingerprint density at radius 2 is 1.87 bits per heavy atom. The van der Waals surface area contributed by atoms with Gasteiger partial charge >= 0.3 is 0 Å². The highest BCUT2D eigenvalue weighted by atomic mass is 32.2. The lowest BCUT2D eigenvalue weighted by Crippen LogP contribution is -2.15. The van der Waals surface area contributed by atoms with Gasteiger partial charge in [-0.25, -0.2) is 0 Å². The molecule has 0 aliphatic heterocycles. The van der Waals surface area contributed by atoms with Crippen LogP contribution in [0.15, 0.2) is 66.3 Å². The molecule has 0 amide bonds. The van der Waals surface area contributed by atoms with Gasteiger partial charge in [0.05, 0.1) is 19.5 Å². The second-order valence-electron chi connectivity index (χ2n) is 6.65. The Morgan fingerprint density at radius 3 is 2.53 bits per heavy atom. The molecule has 0 aliphatic rings. The number of aromatic nitrogens is 3. The highest BCUT2D eigenvalue weighted by Crippen LogP contribution is 2.31. The molecule has 0 saturated carbocycles. The number of hydrogen-bond donors (Lipinski definition) is 0. The first kappa shape index (κ1) is 21.6. The molecule has 6 nitrogen and oxygen atoms in total. The molecule has 0 spiro atoms. The highest BCUT2D eigenvalue weighted by molar-refractivity contribution is 8.00. The van der Waals surface area contributed by atoms with E-state index in [-0.39, 0.29) is 11.0 Å². The minimum absolute atomic E-state index is 0.0151. The summed E-state index contributed by atoms with van der Waals surface area (Å²) in [5.41, 5.74) is 1.72. The minimum Gasteiger partial charge on any atom is -0.493 e. The van der Waals surface area contributed by atoms with Gasteiger partial charge in [-0.2, -0.15) is 0 Å². The first-order valence-electron chi connectivity index (χ1n) is 9.57. The molecule has 0 saturated heterocycles. The van der Waals surface area contributed by atoms with Crippen molar-refractivity contribution in [3.63, 3.8) is 0 Å². The van der Waals surface area contributed by atoms with Crippen molar-refractivity contribution in [1.29, 1.82) is 0 Å². The lowest BCUT2D eigenvalue weighted by Gasteiger charge is -2.13. The zero-order chi connectivity index (χ0) is 21.5. The zero-order valence-electron chi connectivity index (χ0n) is 17.4. The van der Waals surface area contributed by atoms with Crippen molar-refractivity contribution < 1.29 is 14.3 Å². The summed E-state index contributed by atoms with van der Waals surface area (Å²) in [6, 6.07) is 15.3. The number of thioether (sulfide) groups is 1. The van der Waals surface area contributed by atoms with Gasteiger partial charge in [0.15, 0.2) is 22.4 Å². The van der Waals surface area contributed by atoms with E-state index in [1.807, 2.05) is 35.8 Å². The van der Waals surface area contributed by atoms with E-state index in [1.54, 1.807) is 32.4 Å². The average Bonchev–Trinajstić information content (AvgIpc) is 3.14. The maximum absolute atomic E-state index is 13.0. The SMILES string of the molecule is C=CCn1c(Cc2ccccc2)nnc1SC(C)C(=O)c1ccc(OC)c(OC)c1. The van der Waals surface area contributed by atoms with Crippen LogP contribution in [0.3, 0.4) is 0 Å². The molecule has 7 heteroatoms. The molecule has 3 rings (SSSR count). The number of Topliss-reactive ketones (excluding diaryl/α,β-unsaturated/α-hetero) is 1. The van der Waals surface area contributed by atoms with Crippen LogP contribution < -0.4 is 9.47 Å². The van der Waals surface area contributed by atoms with Crippen LogP contribution in [0.25, 0.3) is 0 Å². The summed E-state index contributed by atoms with van der Waals surface area (Å²) in [6.07, 6.45) is 2.48. The van der Waals surface area contributed by atoms with Crippen LogP contribution in [0.2, 0.25) is 0 Å². The monoisotopic (exact) mass is 423 g/mol. The van der Waals surface area contributed by atoms with Gasteiger partial charge in [0.1, 0.15) is 5.82 Å². The molecule has 1 aromatic heterocycles. The molecule has 0 aliphatic carbocycles. The van der Waals surface area contributed by atoms with E-state index in [0.717, 1.165) is 11.4 Å². The molecule has 0 N–H and O–H groups in total. The summed E-state index contributed by atoms with van der Waals surface area (Å²) in [5, 5.41) is 9.05. The number of allylic oxidation sites excluding steroid dienone is 1. The van der Waals surface area contributed by atoms with E-state index in [2.05, 4.69) is 28.9 Å². The number of carbonyl (C=O) groups is 1. The largest absolute Gasteiger partial charge is 0.493 e. The molecular weight excluding hydrogens is 398 g/mol. The van der Waals surface area contributed by atoms with Crippen molar-refractivity contribution in [2.75, 3.05) is 14.2 Å². The van der Waals surface area contributed by atoms with Gasteiger partial charge in [0, 0.05) is 18.5 Å². The molecule has 30 heavy (non-hydrogen) atoms. The van der Waals surface area contributed by atoms with Crippen molar-refractivity contribution in [2.24, 2.45) is 0 Å². The quantitative estimate of drug-likeness (QED) is 0.273. The third-order valence-corrected chi connectivity index (χ3v) is 5.71. The van der Waals surface area contributed by atoms with Crippen LogP contribution in [0.1, 0.15) is 28.7 Å². The highest BCUT2D eigenvalue weighted by Gasteiger charge is 2.22. The van der Waals surface area contributed by atoms with Crippen LogP contribution in [0, 0.1) is 0 Å². The van der Waals surface area contributed by atoms with Crippen molar-refractivity contribution in [3.05, 3.63) is 78.1 Å². The molecular formula is C23H25N3O3S. The predicted octanol–water partition coefficient (Wildman–Crippen LogP) is 4.44. The Kier molecular flexibility index (Phi) is 7.30. The fourth-order valence-electron chi connectivity index (χ4n) is 3.06. The van der Waals surface area contributed by atoms with Crippen LogP contribution in [-0.2, 0) is 13.0 Å². The van der Waals surface area contributed by atoms with E-state index in [4.69, 9.17) is 9.47 Å². The number of hydrogen-bond acceptors (Lipinski definition) is 6. The zero-order valence-corrected chi connectivity index (χ0v) is 18.2. The summed E-state index contributed by atoms with van der Waals surface area (Å²) < 4.78 is 12.6. The van der Waals surface area contributed by atoms with Gasteiger partial charge in [-0.1, -0.05) is 48.2 Å². The van der Waals surface area contributed by atoms with Crippen LogP contribution in [0.5, 0.6) is 11.5 Å². The van der Waals surface area contributed by atoms with Crippen LogP contribution in [0.4, 0.5) is 0 Å². The fraction of sp³-hybridized carbons (Fsp3) is 0.261. The Hall–Kier alpha value is -3.06. The number of carbonyl (C=O) groups excluding carboxylic acids is 1. The third kappa shape index (κ3) is 4.91. The second-order valence-corrected chi connectivity index (χ2v) is 7.96. The fourth-order valence-corrected chi connectivity index (χ4v) is 4.02. The third-order valence-electron chi connectivity index (χ3n) is 4.63. The van der Waals surface area contributed by atoms with Gasteiger partial charge in [-0.15, -0.1) is 16.8 Å². The molecule has 1 atom stereocenters. The van der Waals surface area contributed by atoms with Gasteiger partial charge in [-0.05, 0) is 30.7 Å². The molecule has 0 fully saturated rings. The summed E-state index contributed by atoms with van der Waals surface area (Å²) in [7, 11) is 3.12. The van der Waals surface area contributed by atoms with Gasteiger partial charge < -0.3 is 14.0 Å². The average molecular weight is 424 g/mol. The molecule has 3 aromatic rings. The maximum atomic E-state index is 13.0. The number of rotatable bonds is 10. The number of nitrogens with zero attached hydrogens (tertiary/aromatic N) is 3. The first-order valence-corrected chi connectivity index (χ1v) is 10.4. The van der Waals surface area contributed by atoms with E-state index in [9.17, 15) is 4.79 Å². The molecule has 1 heterocycles. The van der Waals surface area contributed by atoms with E-state index in [0.29, 0.717) is 35.2 Å². The number of methoxy groups -OCH3 is 2. The van der Waals surface area contributed by atoms with E-state index < -0.39 is 0 Å². The summed E-state index contributed by atoms with van der Waals surface area (Å²) in [4.78, 5) is 13.0. The van der Waals surface area contributed by atoms with E-state index >= 15 is 0 Å². The molecule has 156 valence electrons. The Bertz CT molecular complexity index is 1020. The van der Waals surface area contributed by atoms with Gasteiger partial charge in [-0.3, -0.25) is 4.79 Å². The lowest BCUT2D eigenvalue weighted by molar-refractivity contribution is 0.0993. The van der Waals surface area contributed by atoms with Crippen LogP contribution >= 0.6 is 11.8 Å². The van der Waals surface area contributed by atoms with Crippen molar-refractivity contribution in [2.45, 2.75) is 30.3 Å². The summed E-state index contributed by atoms with van der Waals surface area (Å²) >= 11 is 1.39. The second kappa shape index (κ2) is 10.1. The first-order chi connectivity index (χ1) is 14.6. The molecule has 2 aromatic carbocycles. The Morgan fingerprint density at radius 1 is 1.13 bits per heavy atom.